The van der Waals surface area contributed by atoms with Crippen molar-refractivity contribution >= 4 is 8.32 Å². The van der Waals surface area contributed by atoms with Crippen LogP contribution in [0.1, 0.15) is 27.2 Å². The molecular weight excluding hydrogens is 484 g/mol. The highest BCUT2D eigenvalue weighted by Crippen LogP contribution is 2.42. The molecule has 35 heavy (non-hydrogen) atoms. The smallest absolute Gasteiger partial charge is 0.192 e. The molecule has 0 saturated carbocycles. The minimum atomic E-state index is -2.48. The van der Waals surface area contributed by atoms with Gasteiger partial charge in [-0.2, -0.15) is 0 Å². The van der Waals surface area contributed by atoms with Crippen LogP contribution < -0.4 is 0 Å². The van der Waals surface area contributed by atoms with Crippen molar-refractivity contribution in [3.8, 4) is 0 Å². The summed E-state index contributed by atoms with van der Waals surface area (Å²) in [5.41, 5.74) is -2.02. The molecule has 2 fully saturated rings. The number of aliphatic hydroxyl groups excluding tert-OH is 8. The fourth-order valence-corrected chi connectivity index (χ4v) is 5.38. The number of rotatable bonds is 9. The lowest BCUT2D eigenvalue weighted by molar-refractivity contribution is -0.316. The van der Waals surface area contributed by atoms with Gasteiger partial charge in [-0.1, -0.05) is 20.8 Å². The molecule has 2 heterocycles. The molecule has 2 aliphatic heterocycles. The SMILES string of the molecule is CO[C@@H]1O[C@H](CO)[C@H](O)[C@H](CC(O)[C@]2(CO[Si](C)(C)C(C)(C)C)O[C@H](CO)[C@H](O)[C@H](O)[C@H]2O)[C@H]1O. The molecule has 1 unspecified atom stereocenters. The van der Waals surface area contributed by atoms with E-state index in [0.29, 0.717) is 0 Å². The largest absolute Gasteiger partial charge is 0.414 e. The average Bonchev–Trinajstić information content (AvgIpc) is 2.79. The van der Waals surface area contributed by atoms with E-state index in [-0.39, 0.29) is 11.5 Å². The summed E-state index contributed by atoms with van der Waals surface area (Å²) in [6.45, 7) is 8.19. The minimum absolute atomic E-state index is 0.250. The fraction of sp³-hybridized carbons (Fsp3) is 1.00. The van der Waals surface area contributed by atoms with Gasteiger partial charge < -0.3 is 59.5 Å². The van der Waals surface area contributed by atoms with Gasteiger partial charge in [0.2, 0.25) is 0 Å². The Hall–Kier alpha value is -0.263. The molecule has 12 nitrogen and oxygen atoms in total. The maximum atomic E-state index is 11.4. The van der Waals surface area contributed by atoms with Crippen molar-refractivity contribution in [1.82, 2.24) is 0 Å². The molecule has 0 aromatic rings. The lowest BCUT2D eigenvalue weighted by Crippen LogP contribution is -2.72. The zero-order chi connectivity index (χ0) is 26.9. The van der Waals surface area contributed by atoms with Crippen molar-refractivity contribution in [3.05, 3.63) is 0 Å². The first-order valence-electron chi connectivity index (χ1n) is 11.9. The van der Waals surface area contributed by atoms with Crippen LogP contribution >= 0.6 is 0 Å². The summed E-state index contributed by atoms with van der Waals surface area (Å²) in [5.74, 6) is -1.09. The Morgan fingerprint density at radius 3 is 1.97 bits per heavy atom. The van der Waals surface area contributed by atoms with Gasteiger partial charge >= 0.3 is 0 Å². The highest BCUT2D eigenvalue weighted by Gasteiger charge is 2.59. The molecule has 13 heteroatoms. The van der Waals surface area contributed by atoms with E-state index in [0.717, 1.165) is 0 Å². The lowest BCUT2D eigenvalue weighted by Gasteiger charge is -2.53. The third kappa shape index (κ3) is 6.08. The summed E-state index contributed by atoms with van der Waals surface area (Å²) in [7, 11) is -1.20. The predicted molar refractivity (Wildman–Crippen MR) is 125 cm³/mol. The summed E-state index contributed by atoms with van der Waals surface area (Å²) in [6, 6.07) is 0. The van der Waals surface area contributed by atoms with Gasteiger partial charge in [0, 0.05) is 13.0 Å². The Kier molecular flexibility index (Phi) is 10.3. The quantitative estimate of drug-likeness (QED) is 0.149. The molecule has 0 radical (unpaired) electrons. The first-order chi connectivity index (χ1) is 16.1. The second-order valence-corrected chi connectivity index (χ2v) is 15.9. The van der Waals surface area contributed by atoms with Crippen molar-refractivity contribution in [2.24, 2.45) is 5.92 Å². The molecule has 2 rings (SSSR count). The average molecular weight is 529 g/mol. The number of hydrogen-bond donors (Lipinski definition) is 8. The third-order valence-corrected chi connectivity index (χ3v) is 12.4. The van der Waals surface area contributed by atoms with Crippen molar-refractivity contribution in [2.45, 2.75) is 106 Å². The highest BCUT2D eigenvalue weighted by molar-refractivity contribution is 6.74. The van der Waals surface area contributed by atoms with Gasteiger partial charge in [-0.05, 0) is 24.6 Å². The fourth-order valence-electron chi connectivity index (χ4n) is 4.36. The zero-order valence-electron chi connectivity index (χ0n) is 21.3. The van der Waals surface area contributed by atoms with Gasteiger partial charge in [0.25, 0.3) is 0 Å². The Bertz CT molecular complexity index is 657. The van der Waals surface area contributed by atoms with E-state index in [1.807, 2.05) is 33.9 Å². The van der Waals surface area contributed by atoms with Gasteiger partial charge in [-0.3, -0.25) is 0 Å². The molecule has 8 N–H and O–H groups in total. The summed E-state index contributed by atoms with van der Waals surface area (Å²) >= 11 is 0. The van der Waals surface area contributed by atoms with Crippen LogP contribution in [-0.2, 0) is 18.6 Å². The van der Waals surface area contributed by atoms with E-state index in [2.05, 4.69) is 0 Å². The Balaban J connectivity index is 2.43. The van der Waals surface area contributed by atoms with Crippen molar-refractivity contribution < 1.29 is 59.5 Å². The van der Waals surface area contributed by atoms with Crippen molar-refractivity contribution in [3.63, 3.8) is 0 Å². The second kappa shape index (κ2) is 11.6. The van der Waals surface area contributed by atoms with Gasteiger partial charge in [0.05, 0.1) is 32.0 Å². The van der Waals surface area contributed by atoms with E-state index in [4.69, 9.17) is 18.6 Å². The molecule has 0 bridgehead atoms. The topological polar surface area (TPSA) is 199 Å². The van der Waals surface area contributed by atoms with Gasteiger partial charge in [-0.15, -0.1) is 0 Å². The van der Waals surface area contributed by atoms with Crippen LogP contribution in [0.3, 0.4) is 0 Å². The van der Waals surface area contributed by atoms with E-state index >= 15 is 0 Å². The maximum Gasteiger partial charge on any atom is 0.192 e. The second-order valence-electron chi connectivity index (χ2n) is 11.1. The molecule has 0 aliphatic carbocycles. The molecule has 208 valence electrons. The summed E-state index contributed by atoms with van der Waals surface area (Å²) < 4.78 is 22.6. The van der Waals surface area contributed by atoms with Crippen molar-refractivity contribution in [2.75, 3.05) is 26.9 Å². The number of methoxy groups -OCH3 is 1. The molecule has 0 aromatic heterocycles. The standard InChI is InChI=1S/C22H44O12Si/c1-21(2,3)35(5,6)32-10-22(19(30)18(29)17(28)13(9-24)34-22)14(25)7-11-15(26)12(8-23)33-20(31-4)16(11)27/h11-20,23-30H,7-10H2,1-6H3/t11-,12+,13+,14?,15+,16+,17-,18-,19+,20+,22-/m0/s1. The van der Waals surface area contributed by atoms with E-state index < -0.39 is 94.8 Å². The first kappa shape index (κ1) is 31.0. The number of hydrogen-bond acceptors (Lipinski definition) is 12. The third-order valence-electron chi connectivity index (χ3n) is 7.89. The Morgan fingerprint density at radius 1 is 0.914 bits per heavy atom. The molecule has 0 aromatic carbocycles. The maximum absolute atomic E-state index is 11.4. The van der Waals surface area contributed by atoms with Crippen LogP contribution in [0.5, 0.6) is 0 Å². The van der Waals surface area contributed by atoms with Crippen molar-refractivity contribution in [1.29, 1.82) is 0 Å². The van der Waals surface area contributed by atoms with Crippen LogP contribution in [0, 0.1) is 5.92 Å². The molecular formula is C22H44O12Si. The summed E-state index contributed by atoms with van der Waals surface area (Å²) in [5, 5.41) is 83.8. The van der Waals surface area contributed by atoms with Crippen LogP contribution in [0.2, 0.25) is 18.1 Å². The van der Waals surface area contributed by atoms with E-state index in [1.165, 1.54) is 7.11 Å². The monoisotopic (exact) mass is 528 g/mol. The Morgan fingerprint density at radius 2 is 1.49 bits per heavy atom. The number of aliphatic hydroxyl groups is 8. The van der Waals surface area contributed by atoms with Crippen LogP contribution in [0.4, 0.5) is 0 Å². The highest BCUT2D eigenvalue weighted by atomic mass is 28.4. The van der Waals surface area contributed by atoms with E-state index in [1.54, 1.807) is 0 Å². The molecule has 2 aliphatic rings. The molecule has 2 saturated heterocycles. The van der Waals surface area contributed by atoms with Gasteiger partial charge in [0.15, 0.2) is 14.6 Å². The number of ether oxygens (including phenoxy) is 3. The lowest BCUT2D eigenvalue weighted by atomic mass is 9.75. The Labute approximate surface area is 207 Å². The zero-order valence-corrected chi connectivity index (χ0v) is 22.3. The summed E-state index contributed by atoms with van der Waals surface area (Å²) in [6.07, 6.45) is -13.7. The molecule has 11 atom stereocenters. The van der Waals surface area contributed by atoms with Crippen LogP contribution in [-0.4, -0.2) is 137 Å². The van der Waals surface area contributed by atoms with Gasteiger partial charge in [-0.25, -0.2) is 0 Å². The normalized spacial score (nSPS) is 42.2. The van der Waals surface area contributed by atoms with E-state index in [9.17, 15) is 40.9 Å². The molecule has 0 amide bonds. The first-order valence-corrected chi connectivity index (χ1v) is 14.8. The van der Waals surface area contributed by atoms with Crippen LogP contribution in [0.15, 0.2) is 0 Å². The predicted octanol–water partition coefficient (Wildman–Crippen LogP) is -2.33. The molecule has 0 spiro atoms. The van der Waals surface area contributed by atoms with Gasteiger partial charge in [0.1, 0.15) is 42.2 Å². The summed E-state index contributed by atoms with van der Waals surface area (Å²) in [4.78, 5) is 0. The minimum Gasteiger partial charge on any atom is -0.414 e. The van der Waals surface area contributed by atoms with Crippen LogP contribution in [0.25, 0.3) is 0 Å².